The number of alkyl halides is 3. The molecule has 3 aromatic rings. The van der Waals surface area contributed by atoms with E-state index < -0.39 is 35.4 Å². The zero-order valence-electron chi connectivity index (χ0n) is 22.7. The Balaban J connectivity index is 1.83. The highest BCUT2D eigenvalue weighted by molar-refractivity contribution is 7.18. The highest BCUT2D eigenvalue weighted by Gasteiger charge is 2.35. The summed E-state index contributed by atoms with van der Waals surface area (Å²) in [4.78, 5) is 52.6. The smallest absolute Gasteiger partial charge is 0.433 e. The van der Waals surface area contributed by atoms with Crippen molar-refractivity contribution in [1.82, 2.24) is 20.3 Å². The minimum absolute atomic E-state index is 0.0453. The van der Waals surface area contributed by atoms with E-state index in [1.807, 2.05) is 4.90 Å². The Kier molecular flexibility index (Phi) is 8.47. The highest BCUT2D eigenvalue weighted by atomic mass is 32.1. The molecule has 0 aliphatic carbocycles. The van der Waals surface area contributed by atoms with Crippen molar-refractivity contribution in [2.24, 2.45) is 0 Å². The van der Waals surface area contributed by atoms with Crippen LogP contribution >= 0.6 is 11.3 Å². The summed E-state index contributed by atoms with van der Waals surface area (Å²) >= 11 is 1.28. The van der Waals surface area contributed by atoms with Crippen LogP contribution in [0.5, 0.6) is 0 Å². The number of hydrogen-bond acceptors (Lipinski definition) is 9. The molecule has 11 nitrogen and oxygen atoms in total. The molecule has 0 unspecified atom stereocenters. The van der Waals surface area contributed by atoms with E-state index in [0.29, 0.717) is 34.7 Å². The average Bonchev–Trinajstić information content (AvgIpc) is 3.24. The Morgan fingerprint density at radius 1 is 1.17 bits per heavy atom. The lowest BCUT2D eigenvalue weighted by molar-refractivity contribution is -0.141. The van der Waals surface area contributed by atoms with Crippen LogP contribution in [0, 0.1) is 0 Å². The lowest BCUT2D eigenvalue weighted by Gasteiger charge is -2.27. The van der Waals surface area contributed by atoms with Gasteiger partial charge in [-0.3, -0.25) is 9.59 Å². The van der Waals surface area contributed by atoms with Crippen molar-refractivity contribution >= 4 is 51.7 Å². The molecular weight excluding hydrogens is 563 g/mol. The average molecular weight is 592 g/mol. The summed E-state index contributed by atoms with van der Waals surface area (Å²) in [6.45, 7) is 7.44. The van der Waals surface area contributed by atoms with Gasteiger partial charge in [0.2, 0.25) is 17.8 Å². The molecule has 41 heavy (non-hydrogen) atoms. The lowest BCUT2D eigenvalue weighted by atomic mass is 10.1. The Morgan fingerprint density at radius 3 is 2.61 bits per heavy atom. The molecule has 0 spiro atoms. The fourth-order valence-corrected chi connectivity index (χ4v) is 4.82. The van der Waals surface area contributed by atoms with Crippen LogP contribution in [0.25, 0.3) is 10.4 Å². The molecule has 218 valence electrons. The van der Waals surface area contributed by atoms with Crippen molar-refractivity contribution < 1.29 is 32.3 Å². The van der Waals surface area contributed by atoms with Crippen LogP contribution in [-0.2, 0) is 20.5 Å². The number of carbonyl (C=O) groups excluding carboxylic acids is 3. The van der Waals surface area contributed by atoms with E-state index in [9.17, 15) is 27.6 Å². The first-order chi connectivity index (χ1) is 19.2. The molecule has 1 fully saturated rings. The summed E-state index contributed by atoms with van der Waals surface area (Å²) < 4.78 is 46.0. The number of hydrogen-bond donors (Lipinski definition) is 2. The maximum absolute atomic E-state index is 13.5. The summed E-state index contributed by atoms with van der Waals surface area (Å²) in [5.41, 5.74) is -1.45. The number of anilines is 4. The van der Waals surface area contributed by atoms with Crippen LogP contribution in [0.3, 0.4) is 0 Å². The Bertz CT molecular complexity index is 1460. The van der Waals surface area contributed by atoms with Gasteiger partial charge >= 0.3 is 12.3 Å². The van der Waals surface area contributed by atoms with Crippen molar-refractivity contribution in [3.8, 4) is 10.4 Å². The summed E-state index contributed by atoms with van der Waals surface area (Å²) in [5.74, 6) is -1.10. The molecule has 3 heterocycles. The second-order valence-corrected chi connectivity index (χ2v) is 11.1. The number of nitrogens with one attached hydrogen (secondary N) is 2. The lowest BCUT2D eigenvalue weighted by Crippen LogP contribution is -2.35. The molecule has 1 aliphatic heterocycles. The third-order valence-electron chi connectivity index (χ3n) is 5.52. The van der Waals surface area contributed by atoms with E-state index in [4.69, 9.17) is 4.74 Å². The van der Waals surface area contributed by atoms with Crippen LogP contribution < -0.4 is 20.4 Å². The summed E-state index contributed by atoms with van der Waals surface area (Å²) in [6, 6.07) is 5.26. The minimum atomic E-state index is -4.79. The highest BCUT2D eigenvalue weighted by Crippen LogP contribution is 2.38. The first-order valence-electron chi connectivity index (χ1n) is 12.5. The molecule has 0 atom stereocenters. The number of rotatable bonds is 5. The van der Waals surface area contributed by atoms with Crippen LogP contribution in [0.15, 0.2) is 36.7 Å². The molecule has 15 heteroatoms. The summed E-state index contributed by atoms with van der Waals surface area (Å²) in [5, 5.41) is 6.05. The number of carbonyl (C=O) groups is 3. The molecule has 1 saturated heterocycles. The van der Waals surface area contributed by atoms with Gasteiger partial charge in [0.1, 0.15) is 11.3 Å². The SMILES string of the molecule is CC(=O)Nc1cc(-c2cnc(N3CCCNC(=O)C3)s2)cc(N(C(=O)OC(C)(C)C)c2nccc(C(F)(F)F)n2)c1. The Morgan fingerprint density at radius 2 is 1.93 bits per heavy atom. The quantitative estimate of drug-likeness (QED) is 0.425. The number of benzene rings is 1. The van der Waals surface area contributed by atoms with E-state index in [2.05, 4.69) is 25.6 Å². The van der Waals surface area contributed by atoms with Gasteiger partial charge < -0.3 is 20.3 Å². The number of aromatic nitrogens is 3. The third kappa shape index (κ3) is 7.68. The molecule has 0 radical (unpaired) electrons. The molecule has 4 rings (SSSR count). The second kappa shape index (κ2) is 11.7. The first kappa shape index (κ1) is 29.7. The summed E-state index contributed by atoms with van der Waals surface area (Å²) in [6.07, 6.45) is -2.59. The Hall–Kier alpha value is -4.27. The zero-order valence-corrected chi connectivity index (χ0v) is 23.5. The predicted octanol–water partition coefficient (Wildman–Crippen LogP) is 4.98. The minimum Gasteiger partial charge on any atom is -0.443 e. The van der Waals surface area contributed by atoms with Gasteiger partial charge in [-0.1, -0.05) is 11.3 Å². The molecule has 3 amide bonds. The van der Waals surface area contributed by atoms with Crippen LogP contribution in [-0.4, -0.2) is 58.1 Å². The van der Waals surface area contributed by atoms with Gasteiger partial charge in [-0.15, -0.1) is 0 Å². The van der Waals surface area contributed by atoms with E-state index in [-0.39, 0.29) is 23.8 Å². The van der Waals surface area contributed by atoms with E-state index in [0.717, 1.165) is 17.5 Å². The van der Waals surface area contributed by atoms with E-state index >= 15 is 0 Å². The normalized spacial score (nSPS) is 14.2. The zero-order chi connectivity index (χ0) is 29.9. The van der Waals surface area contributed by atoms with Crippen LogP contribution in [0.1, 0.15) is 39.8 Å². The standard InChI is InChI=1S/C26H28F3N7O4S/c1-15(37)33-17-10-16(19-13-32-23(41-19)35-9-5-7-30-21(38)14-35)11-18(12-17)36(24(39)40-25(2,3)4)22-31-8-6-20(34-22)26(27,28)29/h6,8,10-13H,5,7,9,14H2,1-4H3,(H,30,38)(H,33,37). The van der Waals surface area contributed by atoms with Crippen molar-refractivity contribution in [3.63, 3.8) is 0 Å². The van der Waals surface area contributed by atoms with Crippen LogP contribution in [0.4, 0.5) is 40.4 Å². The fourth-order valence-electron chi connectivity index (χ4n) is 3.90. The first-order valence-corrected chi connectivity index (χ1v) is 13.3. The van der Waals surface area contributed by atoms with Crippen molar-refractivity contribution in [3.05, 3.63) is 42.4 Å². The van der Waals surface area contributed by atoms with Gasteiger partial charge in [0.05, 0.1) is 17.1 Å². The van der Waals surface area contributed by atoms with Gasteiger partial charge in [0, 0.05) is 38.1 Å². The van der Waals surface area contributed by atoms with Gasteiger partial charge in [-0.25, -0.2) is 24.6 Å². The number of ether oxygens (including phenoxy) is 1. The monoisotopic (exact) mass is 591 g/mol. The van der Waals surface area contributed by atoms with Gasteiger partial charge in [-0.05, 0) is 57.0 Å². The largest absolute Gasteiger partial charge is 0.443 e. The van der Waals surface area contributed by atoms with E-state index in [1.54, 1.807) is 33.0 Å². The molecule has 1 aromatic carbocycles. The Labute approximate surface area is 237 Å². The van der Waals surface area contributed by atoms with Crippen molar-refractivity contribution in [2.75, 3.05) is 34.8 Å². The molecule has 0 bridgehead atoms. The fraction of sp³-hybridized carbons (Fsp3) is 0.385. The molecule has 2 aromatic heterocycles. The van der Waals surface area contributed by atoms with Crippen LogP contribution in [0.2, 0.25) is 0 Å². The van der Waals surface area contributed by atoms with Gasteiger partial charge in [0.15, 0.2) is 5.13 Å². The molecular formula is C26H28F3N7O4S. The molecule has 1 aliphatic rings. The molecule has 0 saturated carbocycles. The summed E-state index contributed by atoms with van der Waals surface area (Å²) in [7, 11) is 0. The maximum Gasteiger partial charge on any atom is 0.433 e. The van der Waals surface area contributed by atoms with Crippen molar-refractivity contribution in [2.45, 2.75) is 45.9 Å². The topological polar surface area (TPSA) is 130 Å². The number of halogens is 3. The number of amides is 3. The molecule has 2 N–H and O–H groups in total. The second-order valence-electron chi connectivity index (χ2n) is 10.1. The van der Waals surface area contributed by atoms with Gasteiger partial charge in [-0.2, -0.15) is 13.2 Å². The third-order valence-corrected chi connectivity index (χ3v) is 6.62. The van der Waals surface area contributed by atoms with Gasteiger partial charge in [0.25, 0.3) is 0 Å². The maximum atomic E-state index is 13.5. The van der Waals surface area contributed by atoms with Crippen molar-refractivity contribution in [1.29, 1.82) is 0 Å². The number of thiazole rings is 1. The van der Waals surface area contributed by atoms with E-state index in [1.165, 1.54) is 30.4 Å². The predicted molar refractivity (Wildman–Crippen MR) is 147 cm³/mol. The number of nitrogens with zero attached hydrogens (tertiary/aromatic N) is 5.